The number of benzene rings is 2. The third-order valence-corrected chi connectivity index (χ3v) is 6.10. The van der Waals surface area contributed by atoms with Crippen molar-refractivity contribution in [2.24, 2.45) is 11.8 Å². The van der Waals surface area contributed by atoms with Gasteiger partial charge >= 0.3 is 0 Å². The summed E-state index contributed by atoms with van der Waals surface area (Å²) in [5, 5.41) is 22.6. The van der Waals surface area contributed by atoms with Crippen molar-refractivity contribution in [2.75, 3.05) is 10.2 Å². The lowest BCUT2D eigenvalue weighted by Gasteiger charge is -2.46. The number of anilines is 2. The van der Waals surface area contributed by atoms with Crippen molar-refractivity contribution in [1.82, 2.24) is 0 Å². The molecule has 5 nitrogen and oxygen atoms in total. The van der Waals surface area contributed by atoms with Crippen molar-refractivity contribution in [3.05, 3.63) is 65.7 Å². The molecule has 4 rings (SSSR count). The molecule has 1 heterocycles. The Labute approximate surface area is 171 Å². The van der Waals surface area contributed by atoms with Gasteiger partial charge in [-0.3, -0.25) is 4.79 Å². The smallest absolute Gasteiger partial charge is 0.224 e. The van der Waals surface area contributed by atoms with E-state index in [1.807, 2.05) is 35.2 Å². The number of aliphatic hydroxyl groups excluding tert-OH is 1. The fourth-order valence-corrected chi connectivity index (χ4v) is 4.57. The van der Waals surface area contributed by atoms with Crippen LogP contribution in [0, 0.1) is 23.2 Å². The van der Waals surface area contributed by atoms with Gasteiger partial charge in [0.15, 0.2) is 0 Å². The molecule has 0 unspecified atom stereocenters. The Morgan fingerprint density at radius 1 is 1.24 bits per heavy atom. The maximum absolute atomic E-state index is 12.6. The summed E-state index contributed by atoms with van der Waals surface area (Å²) in [6.07, 6.45) is 2.28. The second-order valence-electron chi connectivity index (χ2n) is 8.11. The third kappa shape index (κ3) is 3.47. The van der Waals surface area contributed by atoms with E-state index in [1.165, 1.54) is 0 Å². The van der Waals surface area contributed by atoms with Gasteiger partial charge in [-0.05, 0) is 66.8 Å². The summed E-state index contributed by atoms with van der Waals surface area (Å²) in [5.41, 5.74) is 4.05. The average Bonchev–Trinajstić information content (AvgIpc) is 3.54. The molecule has 0 aromatic heterocycles. The summed E-state index contributed by atoms with van der Waals surface area (Å²) in [6, 6.07) is 15.3. The van der Waals surface area contributed by atoms with Gasteiger partial charge < -0.3 is 15.3 Å². The Hall–Kier alpha value is -3.26. The van der Waals surface area contributed by atoms with Crippen LogP contribution >= 0.6 is 0 Å². The minimum atomic E-state index is -0.0292. The fraction of sp³-hybridized carbons (Fsp3) is 0.333. The highest BCUT2D eigenvalue weighted by molar-refractivity contribution is 5.94. The quantitative estimate of drug-likeness (QED) is 0.722. The first-order chi connectivity index (χ1) is 13.9. The first-order valence-electron chi connectivity index (χ1n) is 9.99. The maximum Gasteiger partial charge on any atom is 0.224 e. The number of amides is 1. The molecule has 0 spiro atoms. The molecule has 2 aromatic carbocycles. The number of nitrogens with one attached hydrogen (secondary N) is 1. The van der Waals surface area contributed by atoms with E-state index in [9.17, 15) is 9.90 Å². The Kier molecular flexibility index (Phi) is 4.79. The Morgan fingerprint density at radius 2 is 1.93 bits per heavy atom. The second-order valence-corrected chi connectivity index (χ2v) is 8.11. The molecule has 1 aliphatic heterocycles. The van der Waals surface area contributed by atoms with Gasteiger partial charge in [0.05, 0.1) is 17.7 Å². The number of hydrogen-bond donors (Lipinski definition) is 2. The summed E-state index contributed by atoms with van der Waals surface area (Å²) >= 11 is 0. The molecule has 1 fully saturated rings. The summed E-state index contributed by atoms with van der Waals surface area (Å²) in [5.74, 6) is 0.746. The van der Waals surface area contributed by atoms with Crippen LogP contribution in [0.1, 0.15) is 49.4 Å². The van der Waals surface area contributed by atoms with Crippen LogP contribution < -0.4 is 10.2 Å². The molecule has 0 bridgehead atoms. The number of carbonyl (C=O) groups excluding carboxylic acids is 1. The van der Waals surface area contributed by atoms with Crippen molar-refractivity contribution >= 4 is 23.0 Å². The van der Waals surface area contributed by atoms with Gasteiger partial charge in [0.25, 0.3) is 0 Å². The van der Waals surface area contributed by atoms with Gasteiger partial charge in [-0.25, -0.2) is 0 Å². The monoisotopic (exact) mass is 387 g/mol. The second kappa shape index (κ2) is 7.29. The van der Waals surface area contributed by atoms with Gasteiger partial charge in [0, 0.05) is 35.8 Å². The highest BCUT2D eigenvalue weighted by Gasteiger charge is 2.47. The van der Waals surface area contributed by atoms with Crippen molar-refractivity contribution < 1.29 is 9.90 Å². The fourth-order valence-electron chi connectivity index (χ4n) is 4.57. The van der Waals surface area contributed by atoms with Gasteiger partial charge in [-0.2, -0.15) is 5.26 Å². The molecule has 148 valence electrons. The molecule has 0 radical (unpaired) electrons. The van der Waals surface area contributed by atoms with Crippen LogP contribution in [-0.4, -0.2) is 17.1 Å². The predicted molar refractivity (Wildman–Crippen MR) is 114 cm³/mol. The molecule has 1 amide bonds. The van der Waals surface area contributed by atoms with Crippen LogP contribution in [-0.2, 0) is 4.79 Å². The molecule has 2 aromatic rings. The molecular weight excluding hydrogens is 362 g/mol. The Balaban J connectivity index is 1.80. The number of rotatable bonds is 4. The lowest BCUT2D eigenvalue weighted by Crippen LogP contribution is -2.51. The summed E-state index contributed by atoms with van der Waals surface area (Å²) in [4.78, 5) is 14.6. The van der Waals surface area contributed by atoms with Crippen LogP contribution in [0.2, 0.25) is 0 Å². The van der Waals surface area contributed by atoms with Gasteiger partial charge in [-0.1, -0.05) is 13.5 Å². The number of hydrogen-bond acceptors (Lipinski definition) is 4. The largest absolute Gasteiger partial charge is 0.508 e. The molecule has 5 heteroatoms. The minimum Gasteiger partial charge on any atom is -0.508 e. The maximum atomic E-state index is 12.6. The van der Waals surface area contributed by atoms with E-state index in [4.69, 9.17) is 5.26 Å². The van der Waals surface area contributed by atoms with Crippen LogP contribution in [0.4, 0.5) is 11.4 Å². The van der Waals surface area contributed by atoms with E-state index in [0.717, 1.165) is 29.8 Å². The van der Waals surface area contributed by atoms with Crippen molar-refractivity contribution in [3.63, 3.8) is 0 Å². The minimum absolute atomic E-state index is 0.0104. The topological polar surface area (TPSA) is 76.4 Å². The first-order valence-corrected chi connectivity index (χ1v) is 9.99. The highest BCUT2D eigenvalue weighted by Crippen LogP contribution is 2.50. The number of fused-ring (bicyclic) bond motifs is 1. The standard InChI is InChI=1S/C24H25N3O2/c1-14-23(26-20-9-4-17(13-25)5-10-20)21-12-19(15(2)28)8-11-22(21)27(16(3)29)24(14)18-6-7-18/h4-5,8-12,14,18,23-24,26,28H,2,6-7H2,1,3H3/t14-,23-,24-/m1/s1. The predicted octanol–water partition coefficient (Wildman–Crippen LogP) is 5.02. The average molecular weight is 387 g/mol. The van der Waals surface area contributed by atoms with E-state index in [2.05, 4.69) is 24.9 Å². The zero-order valence-electron chi connectivity index (χ0n) is 16.7. The van der Waals surface area contributed by atoms with E-state index in [0.29, 0.717) is 17.0 Å². The summed E-state index contributed by atoms with van der Waals surface area (Å²) < 4.78 is 0. The molecule has 2 N–H and O–H groups in total. The number of nitriles is 1. The van der Waals surface area contributed by atoms with Gasteiger partial charge in [0.1, 0.15) is 5.76 Å². The zero-order chi connectivity index (χ0) is 20.7. The van der Waals surface area contributed by atoms with Gasteiger partial charge in [-0.15, -0.1) is 0 Å². The van der Waals surface area contributed by atoms with Crippen molar-refractivity contribution in [1.29, 1.82) is 5.26 Å². The van der Waals surface area contributed by atoms with Crippen LogP contribution in [0.25, 0.3) is 5.76 Å². The van der Waals surface area contributed by atoms with Gasteiger partial charge in [0.2, 0.25) is 5.91 Å². The van der Waals surface area contributed by atoms with Crippen molar-refractivity contribution in [2.45, 2.75) is 38.8 Å². The van der Waals surface area contributed by atoms with E-state index in [1.54, 1.807) is 19.1 Å². The zero-order valence-corrected chi connectivity index (χ0v) is 16.7. The molecule has 1 saturated carbocycles. The molecule has 2 aliphatic rings. The van der Waals surface area contributed by atoms with Crippen LogP contribution in [0.3, 0.4) is 0 Å². The Morgan fingerprint density at radius 3 is 2.48 bits per heavy atom. The van der Waals surface area contributed by atoms with Crippen molar-refractivity contribution in [3.8, 4) is 6.07 Å². The number of nitrogens with zero attached hydrogens (tertiary/aromatic N) is 2. The molecule has 3 atom stereocenters. The van der Waals surface area contributed by atoms with E-state index >= 15 is 0 Å². The molecule has 0 saturated heterocycles. The number of carbonyl (C=O) groups is 1. The SMILES string of the molecule is C=C(O)c1ccc2c(c1)[C@H](Nc1ccc(C#N)cc1)[C@@H](C)[C@H](C1CC1)N2C(C)=O. The first kappa shape index (κ1) is 19.1. The lowest BCUT2D eigenvalue weighted by molar-refractivity contribution is -0.117. The Bertz CT molecular complexity index is 1000. The molecule has 1 aliphatic carbocycles. The normalized spacial score (nSPS) is 23.1. The van der Waals surface area contributed by atoms with E-state index < -0.39 is 0 Å². The summed E-state index contributed by atoms with van der Waals surface area (Å²) in [7, 11) is 0. The highest BCUT2D eigenvalue weighted by atomic mass is 16.3. The molecule has 29 heavy (non-hydrogen) atoms. The molecular formula is C24H25N3O2. The lowest BCUT2D eigenvalue weighted by atomic mass is 9.79. The van der Waals surface area contributed by atoms with Crippen LogP contribution in [0.15, 0.2) is 49.0 Å². The number of aliphatic hydroxyl groups is 1. The van der Waals surface area contributed by atoms with Crippen LogP contribution in [0.5, 0.6) is 0 Å². The third-order valence-electron chi connectivity index (χ3n) is 6.10. The summed E-state index contributed by atoms with van der Waals surface area (Å²) in [6.45, 7) is 7.46. The van der Waals surface area contributed by atoms with E-state index in [-0.39, 0.29) is 29.7 Å².